The van der Waals surface area contributed by atoms with Crippen LogP contribution in [0.15, 0.2) is 59.8 Å². The molecule has 136 valence electrons. The van der Waals surface area contributed by atoms with Crippen molar-refractivity contribution in [1.82, 2.24) is 14.8 Å². The fourth-order valence-corrected chi connectivity index (χ4v) is 3.44. The van der Waals surface area contributed by atoms with Gasteiger partial charge in [0.1, 0.15) is 5.75 Å². The Morgan fingerprint density at radius 1 is 1.04 bits per heavy atom. The minimum Gasteiger partial charge on any atom is -0.493 e. The van der Waals surface area contributed by atoms with Crippen LogP contribution in [-0.4, -0.2) is 27.1 Å². The second kappa shape index (κ2) is 9.10. The fraction of sp³-hybridized carbons (Fsp3) is 0.300. The molecule has 0 N–H and O–H groups in total. The zero-order valence-corrected chi connectivity index (χ0v) is 16.5. The monoisotopic (exact) mass is 387 g/mol. The van der Waals surface area contributed by atoms with Crippen molar-refractivity contribution in [3.05, 3.63) is 59.6 Å². The molecule has 0 bridgehead atoms. The summed E-state index contributed by atoms with van der Waals surface area (Å²) >= 11 is 7.67. The number of hydrogen-bond donors (Lipinski definition) is 0. The number of ether oxygens (including phenoxy) is 1. The fourth-order valence-electron chi connectivity index (χ4n) is 2.55. The lowest BCUT2D eigenvalue weighted by Crippen LogP contribution is -2.09. The zero-order valence-electron chi connectivity index (χ0n) is 14.9. The van der Waals surface area contributed by atoms with E-state index in [4.69, 9.17) is 16.3 Å². The Kier molecular flexibility index (Phi) is 6.58. The van der Waals surface area contributed by atoms with Crippen molar-refractivity contribution >= 4 is 23.4 Å². The number of thioether (sulfide) groups is 1. The van der Waals surface area contributed by atoms with Gasteiger partial charge in [0.05, 0.1) is 6.61 Å². The van der Waals surface area contributed by atoms with Crippen molar-refractivity contribution in [3.8, 4) is 17.1 Å². The summed E-state index contributed by atoms with van der Waals surface area (Å²) in [6.07, 6.45) is 0. The second-order valence-electron chi connectivity index (χ2n) is 6.33. The largest absolute Gasteiger partial charge is 0.493 e. The van der Waals surface area contributed by atoms with Crippen LogP contribution in [0, 0.1) is 5.92 Å². The first kappa shape index (κ1) is 18.8. The summed E-state index contributed by atoms with van der Waals surface area (Å²) in [5.74, 6) is 3.07. The number of halogens is 1. The molecular formula is C20H22ClN3OS. The van der Waals surface area contributed by atoms with Crippen LogP contribution in [0.3, 0.4) is 0 Å². The molecule has 0 radical (unpaired) electrons. The Bertz CT molecular complexity index is 819. The topological polar surface area (TPSA) is 39.9 Å². The Morgan fingerprint density at radius 2 is 1.77 bits per heavy atom. The highest BCUT2D eigenvalue weighted by Crippen LogP contribution is 2.26. The Morgan fingerprint density at radius 3 is 2.46 bits per heavy atom. The number of rotatable bonds is 8. The molecule has 0 amide bonds. The van der Waals surface area contributed by atoms with Gasteiger partial charge in [-0.2, -0.15) is 0 Å². The predicted octanol–water partition coefficient (Wildman–Crippen LogP) is 5.43. The Balaban J connectivity index is 1.69. The summed E-state index contributed by atoms with van der Waals surface area (Å²) in [7, 11) is 0. The van der Waals surface area contributed by atoms with Crippen LogP contribution in [0.2, 0.25) is 5.02 Å². The number of benzene rings is 2. The Labute approximate surface area is 163 Å². The maximum atomic E-state index is 6.00. The molecule has 4 nitrogen and oxygen atoms in total. The maximum absolute atomic E-state index is 6.00. The van der Waals surface area contributed by atoms with E-state index in [1.165, 1.54) is 0 Å². The molecular weight excluding hydrogens is 366 g/mol. The van der Waals surface area contributed by atoms with E-state index in [1.54, 1.807) is 11.8 Å². The van der Waals surface area contributed by atoms with Gasteiger partial charge in [-0.15, -0.1) is 10.2 Å². The molecule has 6 heteroatoms. The van der Waals surface area contributed by atoms with Crippen LogP contribution in [0.25, 0.3) is 11.4 Å². The first-order valence-electron chi connectivity index (χ1n) is 8.63. The summed E-state index contributed by atoms with van der Waals surface area (Å²) in [6.45, 7) is 5.88. The van der Waals surface area contributed by atoms with Gasteiger partial charge in [-0.3, -0.25) is 0 Å². The minimum absolute atomic E-state index is 0.497. The lowest BCUT2D eigenvalue weighted by atomic mass is 10.2. The summed E-state index contributed by atoms with van der Waals surface area (Å²) in [4.78, 5) is 0. The van der Waals surface area contributed by atoms with Crippen molar-refractivity contribution in [2.45, 2.75) is 25.5 Å². The normalized spacial score (nSPS) is 11.1. The van der Waals surface area contributed by atoms with Crippen molar-refractivity contribution in [1.29, 1.82) is 0 Å². The summed E-state index contributed by atoms with van der Waals surface area (Å²) < 4.78 is 7.94. The highest BCUT2D eigenvalue weighted by atomic mass is 35.5. The lowest BCUT2D eigenvalue weighted by Gasteiger charge is -2.12. The molecule has 0 spiro atoms. The van der Waals surface area contributed by atoms with Crippen molar-refractivity contribution < 1.29 is 4.74 Å². The van der Waals surface area contributed by atoms with Gasteiger partial charge in [0.15, 0.2) is 11.0 Å². The van der Waals surface area contributed by atoms with E-state index in [0.717, 1.165) is 39.6 Å². The summed E-state index contributed by atoms with van der Waals surface area (Å²) in [6, 6.07) is 17.6. The van der Waals surface area contributed by atoms with Crippen molar-refractivity contribution in [3.63, 3.8) is 0 Å². The van der Waals surface area contributed by atoms with Crippen LogP contribution in [-0.2, 0) is 6.54 Å². The van der Waals surface area contributed by atoms with Crippen molar-refractivity contribution in [2.75, 3.05) is 12.4 Å². The maximum Gasteiger partial charge on any atom is 0.191 e. The summed E-state index contributed by atoms with van der Waals surface area (Å²) in [5, 5.41) is 10.4. The van der Waals surface area contributed by atoms with Crippen LogP contribution >= 0.6 is 23.4 Å². The van der Waals surface area contributed by atoms with Gasteiger partial charge < -0.3 is 9.30 Å². The first-order valence-corrected chi connectivity index (χ1v) is 9.99. The molecule has 1 heterocycles. The molecule has 0 saturated carbocycles. The minimum atomic E-state index is 0.497. The average molecular weight is 388 g/mol. The molecule has 2 aromatic carbocycles. The third-order valence-corrected chi connectivity index (χ3v) is 4.88. The van der Waals surface area contributed by atoms with E-state index < -0.39 is 0 Å². The van der Waals surface area contributed by atoms with Crippen LogP contribution in [0.1, 0.15) is 13.8 Å². The van der Waals surface area contributed by atoms with Gasteiger partial charge in [0.2, 0.25) is 0 Å². The van der Waals surface area contributed by atoms with E-state index in [2.05, 4.69) is 28.6 Å². The third-order valence-electron chi connectivity index (χ3n) is 3.69. The van der Waals surface area contributed by atoms with Gasteiger partial charge in [0, 0.05) is 22.9 Å². The van der Waals surface area contributed by atoms with Gasteiger partial charge in [-0.25, -0.2) is 0 Å². The molecule has 3 rings (SSSR count). The molecule has 0 aliphatic heterocycles. The summed E-state index contributed by atoms with van der Waals surface area (Å²) in [5.41, 5.74) is 1.02. The van der Waals surface area contributed by atoms with Crippen molar-refractivity contribution in [2.24, 2.45) is 5.92 Å². The lowest BCUT2D eigenvalue weighted by molar-refractivity contribution is 0.343. The SMILES string of the molecule is CC(C)Cn1c(SCCOc2ccccc2)nnc1-c1ccc(Cl)cc1. The number of para-hydroxylation sites is 1. The molecule has 0 fully saturated rings. The standard InChI is InChI=1S/C20H22ClN3OS/c1-15(2)14-24-19(16-8-10-17(21)11-9-16)22-23-20(24)26-13-12-25-18-6-4-3-5-7-18/h3-11,15H,12-14H2,1-2H3. The molecule has 0 unspecified atom stereocenters. The number of hydrogen-bond acceptors (Lipinski definition) is 4. The molecule has 3 aromatic rings. The molecule has 0 saturated heterocycles. The number of aromatic nitrogens is 3. The van der Waals surface area contributed by atoms with Gasteiger partial charge in [-0.1, -0.05) is 55.4 Å². The van der Waals surface area contributed by atoms with Crippen LogP contribution in [0.5, 0.6) is 5.75 Å². The molecule has 0 aliphatic carbocycles. The molecule has 26 heavy (non-hydrogen) atoms. The van der Waals surface area contributed by atoms with E-state index in [9.17, 15) is 0 Å². The highest BCUT2D eigenvalue weighted by Gasteiger charge is 2.15. The van der Waals surface area contributed by atoms with Gasteiger partial charge >= 0.3 is 0 Å². The van der Waals surface area contributed by atoms with Gasteiger partial charge in [-0.05, 0) is 42.3 Å². The van der Waals surface area contributed by atoms with Gasteiger partial charge in [0.25, 0.3) is 0 Å². The smallest absolute Gasteiger partial charge is 0.191 e. The van der Waals surface area contributed by atoms with E-state index in [0.29, 0.717) is 12.5 Å². The van der Waals surface area contributed by atoms with Crippen LogP contribution in [0.4, 0.5) is 0 Å². The molecule has 1 aromatic heterocycles. The highest BCUT2D eigenvalue weighted by molar-refractivity contribution is 7.99. The average Bonchev–Trinajstić information content (AvgIpc) is 3.02. The first-order chi connectivity index (χ1) is 12.6. The van der Waals surface area contributed by atoms with Crippen LogP contribution < -0.4 is 4.74 Å². The Hall–Kier alpha value is -1.98. The molecule has 0 atom stereocenters. The zero-order chi connectivity index (χ0) is 18.4. The van der Waals surface area contributed by atoms with E-state index in [1.807, 2.05) is 54.6 Å². The predicted molar refractivity (Wildman–Crippen MR) is 108 cm³/mol. The van der Waals surface area contributed by atoms with E-state index in [-0.39, 0.29) is 0 Å². The van der Waals surface area contributed by atoms with E-state index >= 15 is 0 Å². The quantitative estimate of drug-likeness (QED) is 0.382. The number of nitrogens with zero attached hydrogens (tertiary/aromatic N) is 3. The second-order valence-corrected chi connectivity index (χ2v) is 7.83. The third kappa shape index (κ3) is 5.02. The molecule has 0 aliphatic rings.